The zero-order chi connectivity index (χ0) is 18.9. The fourth-order valence-corrected chi connectivity index (χ4v) is 3.90. The molecule has 0 saturated carbocycles. The van der Waals surface area contributed by atoms with Gasteiger partial charge in [-0.1, -0.05) is 5.16 Å². The van der Waals surface area contributed by atoms with E-state index in [1.54, 1.807) is 11.3 Å². The van der Waals surface area contributed by atoms with Gasteiger partial charge in [-0.2, -0.15) is 0 Å². The van der Waals surface area contributed by atoms with E-state index in [-0.39, 0.29) is 0 Å². The van der Waals surface area contributed by atoms with Crippen LogP contribution in [0.25, 0.3) is 0 Å². The summed E-state index contributed by atoms with van der Waals surface area (Å²) < 4.78 is 0. The number of nitrogens with zero attached hydrogens (tertiary/aromatic N) is 2. The lowest BCUT2D eigenvalue weighted by molar-refractivity contribution is -0.159. The van der Waals surface area contributed by atoms with Crippen molar-refractivity contribution in [2.45, 2.75) is 38.2 Å². The van der Waals surface area contributed by atoms with Crippen LogP contribution in [-0.2, 0) is 20.8 Å². The Balaban J connectivity index is 0.000000352. The van der Waals surface area contributed by atoms with Crippen LogP contribution in [0.1, 0.15) is 36.1 Å². The maximum Gasteiger partial charge on any atom is 0.414 e. The van der Waals surface area contributed by atoms with Crippen molar-refractivity contribution < 1.29 is 29.7 Å². The number of β-amino-alcohol motifs (C(OH)–C–C–N with tert-alkyl or cyclic N) is 1. The Morgan fingerprint density at radius 2 is 1.88 bits per heavy atom. The molecule has 1 saturated heterocycles. The topological polar surface area (TPSA) is 120 Å². The molecule has 3 N–H and O–H groups in total. The predicted molar refractivity (Wildman–Crippen MR) is 96.7 cm³/mol. The molecule has 2 heterocycles. The quantitative estimate of drug-likeness (QED) is 0.519. The Hall–Kier alpha value is -1.97. The minimum atomic E-state index is -1.82. The molecule has 8 nitrogen and oxygen atoms in total. The van der Waals surface area contributed by atoms with Crippen molar-refractivity contribution in [2.24, 2.45) is 5.16 Å². The number of aliphatic hydroxyl groups is 1. The lowest BCUT2D eigenvalue weighted by atomic mass is 9.97. The van der Waals surface area contributed by atoms with Gasteiger partial charge in [-0.05, 0) is 56.6 Å². The summed E-state index contributed by atoms with van der Waals surface area (Å²) in [6, 6.07) is 2.13. The third-order valence-electron chi connectivity index (χ3n) is 4.17. The molecule has 9 heteroatoms. The normalized spacial score (nSPS) is 19.3. The van der Waals surface area contributed by atoms with Crippen LogP contribution in [0.4, 0.5) is 0 Å². The van der Waals surface area contributed by atoms with E-state index < -0.39 is 18.0 Å². The molecule has 0 amide bonds. The molecule has 26 heavy (non-hydrogen) atoms. The van der Waals surface area contributed by atoms with Crippen LogP contribution in [0.5, 0.6) is 0 Å². The number of aryl methyl sites for hydroxylation is 1. The van der Waals surface area contributed by atoms with E-state index in [2.05, 4.69) is 21.5 Å². The summed E-state index contributed by atoms with van der Waals surface area (Å²) >= 11 is 1.80. The Kier molecular flexibility index (Phi) is 8.02. The van der Waals surface area contributed by atoms with Crippen molar-refractivity contribution in [3.05, 3.63) is 21.9 Å². The summed E-state index contributed by atoms with van der Waals surface area (Å²) in [4.78, 5) is 27.3. The number of rotatable bonds is 5. The van der Waals surface area contributed by atoms with Gasteiger partial charge in [0.05, 0.1) is 5.71 Å². The highest BCUT2D eigenvalue weighted by Gasteiger charge is 2.18. The maximum atomic E-state index is 9.96. The Morgan fingerprint density at radius 1 is 1.19 bits per heavy atom. The summed E-state index contributed by atoms with van der Waals surface area (Å²) in [5.41, 5.74) is 2.29. The molecule has 1 aromatic heterocycles. The first-order valence-electron chi connectivity index (χ1n) is 8.59. The fourth-order valence-electron chi connectivity index (χ4n) is 2.95. The van der Waals surface area contributed by atoms with Gasteiger partial charge in [0.2, 0.25) is 0 Å². The Morgan fingerprint density at radius 3 is 2.54 bits per heavy atom. The number of oxime groups is 1. The molecule has 2 aliphatic rings. The molecular formula is C17H24N2O6S. The second kappa shape index (κ2) is 10.2. The average molecular weight is 384 g/mol. The molecule has 1 fully saturated rings. The van der Waals surface area contributed by atoms with Gasteiger partial charge in [-0.15, -0.1) is 11.3 Å². The van der Waals surface area contributed by atoms with Crippen molar-refractivity contribution >= 4 is 29.0 Å². The zero-order valence-corrected chi connectivity index (χ0v) is 15.3. The number of carboxylic acid groups (broad SMARTS) is 2. The van der Waals surface area contributed by atoms with Crippen molar-refractivity contribution in [2.75, 3.05) is 26.2 Å². The van der Waals surface area contributed by atoms with Gasteiger partial charge in [-0.3, -0.25) is 0 Å². The van der Waals surface area contributed by atoms with Crippen LogP contribution >= 0.6 is 11.3 Å². The first-order chi connectivity index (χ1) is 12.5. The summed E-state index contributed by atoms with van der Waals surface area (Å²) in [5.74, 6) is -3.65. The lowest BCUT2D eigenvalue weighted by Gasteiger charge is -2.18. The third kappa shape index (κ3) is 6.40. The summed E-state index contributed by atoms with van der Waals surface area (Å²) in [7, 11) is 0. The molecule has 1 atom stereocenters. The second-order valence-electron chi connectivity index (χ2n) is 6.22. The first kappa shape index (κ1) is 20.3. The molecule has 1 aliphatic carbocycles. The summed E-state index contributed by atoms with van der Waals surface area (Å²) in [6.07, 6.45) is 5.33. The van der Waals surface area contributed by atoms with Crippen molar-refractivity contribution in [3.8, 4) is 0 Å². The zero-order valence-electron chi connectivity index (χ0n) is 14.5. The van der Waals surface area contributed by atoms with Gasteiger partial charge < -0.3 is 25.1 Å². The number of hydrogen-bond donors (Lipinski definition) is 3. The summed E-state index contributed by atoms with van der Waals surface area (Å²) in [5, 5.41) is 31.1. The van der Waals surface area contributed by atoms with E-state index in [0.717, 1.165) is 38.1 Å². The highest BCUT2D eigenvalue weighted by Crippen LogP contribution is 2.26. The van der Waals surface area contributed by atoms with Gasteiger partial charge in [0, 0.05) is 17.0 Å². The number of carboxylic acids is 2. The molecular weight excluding hydrogens is 360 g/mol. The molecule has 1 unspecified atom stereocenters. The highest BCUT2D eigenvalue weighted by molar-refractivity contribution is 7.10. The van der Waals surface area contributed by atoms with Crippen molar-refractivity contribution in [3.63, 3.8) is 0 Å². The predicted octanol–water partition coefficient (Wildman–Crippen LogP) is 1.42. The Labute approximate surface area is 155 Å². The number of aliphatic carboxylic acids is 2. The number of hydrogen-bond acceptors (Lipinski definition) is 7. The Bertz CT molecular complexity index is 627. The SMILES string of the molecule is O=C(O)C(=O)O.OC(CO/N=C1\CCCc2sccc21)CN1CCCC1. The number of carbonyl (C=O) groups is 2. The van der Waals surface area contributed by atoms with E-state index in [4.69, 9.17) is 24.6 Å². The fraction of sp³-hybridized carbons (Fsp3) is 0.588. The van der Waals surface area contributed by atoms with Gasteiger partial charge in [-0.25, -0.2) is 9.59 Å². The van der Waals surface area contributed by atoms with Crippen LogP contribution in [0.3, 0.4) is 0 Å². The minimum absolute atomic E-state index is 0.291. The molecule has 3 rings (SSSR count). The van der Waals surface area contributed by atoms with Crippen molar-refractivity contribution in [1.29, 1.82) is 0 Å². The van der Waals surface area contributed by atoms with Crippen LogP contribution in [0, 0.1) is 0 Å². The van der Waals surface area contributed by atoms with Crippen molar-refractivity contribution in [1.82, 2.24) is 4.90 Å². The van der Waals surface area contributed by atoms with Gasteiger partial charge in [0.1, 0.15) is 12.7 Å². The lowest BCUT2D eigenvalue weighted by Crippen LogP contribution is -2.32. The van der Waals surface area contributed by atoms with E-state index in [9.17, 15) is 5.11 Å². The molecule has 144 valence electrons. The molecule has 1 aliphatic heterocycles. The second-order valence-corrected chi connectivity index (χ2v) is 7.22. The smallest absolute Gasteiger partial charge is 0.414 e. The van der Waals surface area contributed by atoms with E-state index in [1.165, 1.54) is 23.3 Å². The standard InChI is InChI=1S/C15H22N2O2S.C2H2O4/c18-12(10-17-7-1-2-8-17)11-19-16-14-4-3-5-15-13(14)6-9-20-15;3-1(4)2(5)6/h6,9,12,18H,1-5,7-8,10-11H2;(H,3,4)(H,5,6)/b16-14+;. The van der Waals surface area contributed by atoms with Crippen LogP contribution in [0.2, 0.25) is 0 Å². The largest absolute Gasteiger partial charge is 0.473 e. The summed E-state index contributed by atoms with van der Waals surface area (Å²) in [6.45, 7) is 3.20. The molecule has 0 aromatic carbocycles. The van der Waals surface area contributed by atoms with Gasteiger partial charge in [0.25, 0.3) is 0 Å². The van der Waals surface area contributed by atoms with E-state index in [0.29, 0.717) is 13.2 Å². The van der Waals surface area contributed by atoms with Crippen LogP contribution in [0.15, 0.2) is 16.6 Å². The van der Waals surface area contributed by atoms with Crippen LogP contribution < -0.4 is 0 Å². The molecule has 0 bridgehead atoms. The number of thiophene rings is 1. The van der Waals surface area contributed by atoms with E-state index in [1.807, 2.05) is 0 Å². The first-order valence-corrected chi connectivity index (χ1v) is 9.47. The molecule has 0 radical (unpaired) electrons. The minimum Gasteiger partial charge on any atom is -0.473 e. The van der Waals surface area contributed by atoms with E-state index >= 15 is 0 Å². The number of fused-ring (bicyclic) bond motifs is 1. The average Bonchev–Trinajstić information content (AvgIpc) is 3.27. The third-order valence-corrected chi connectivity index (χ3v) is 5.15. The van der Waals surface area contributed by atoms with Gasteiger partial charge in [0.15, 0.2) is 0 Å². The maximum absolute atomic E-state index is 9.96. The number of likely N-dealkylation sites (tertiary alicyclic amines) is 1. The highest BCUT2D eigenvalue weighted by atomic mass is 32.1. The molecule has 0 spiro atoms. The molecule has 1 aromatic rings. The van der Waals surface area contributed by atoms with Crippen LogP contribution in [-0.4, -0.2) is 70.2 Å². The monoisotopic (exact) mass is 384 g/mol. The van der Waals surface area contributed by atoms with Gasteiger partial charge >= 0.3 is 11.9 Å². The number of aliphatic hydroxyl groups excluding tert-OH is 1.